The van der Waals surface area contributed by atoms with E-state index in [2.05, 4.69) is 0 Å². The van der Waals surface area contributed by atoms with Gasteiger partial charge in [-0.25, -0.2) is 0 Å². The molecule has 0 aromatic heterocycles. The molecular formula is C14H17NO4. The maximum Gasteiger partial charge on any atom is 0.311 e. The van der Waals surface area contributed by atoms with E-state index in [0.29, 0.717) is 24.5 Å². The summed E-state index contributed by atoms with van der Waals surface area (Å²) < 4.78 is 5.46. The van der Waals surface area contributed by atoms with Gasteiger partial charge in [-0.1, -0.05) is 12.1 Å². The monoisotopic (exact) mass is 263 g/mol. The van der Waals surface area contributed by atoms with Crippen molar-refractivity contribution in [3.63, 3.8) is 0 Å². The topological polar surface area (TPSA) is 70.0 Å². The number of hydrogen-bond donors (Lipinski definition) is 2. The second-order valence-electron chi connectivity index (χ2n) is 5.24. The van der Waals surface area contributed by atoms with Gasteiger partial charge in [-0.2, -0.15) is 0 Å². The van der Waals surface area contributed by atoms with Gasteiger partial charge in [-0.05, 0) is 18.1 Å². The van der Waals surface area contributed by atoms with Crippen LogP contribution >= 0.6 is 0 Å². The van der Waals surface area contributed by atoms with Crippen LogP contribution in [0, 0.1) is 5.92 Å². The van der Waals surface area contributed by atoms with Crippen LogP contribution in [0.1, 0.15) is 17.9 Å². The van der Waals surface area contributed by atoms with Gasteiger partial charge in [0.25, 0.3) is 0 Å². The number of hydrogen-bond acceptors (Lipinski definition) is 4. The maximum absolute atomic E-state index is 11.6. The highest BCUT2D eigenvalue weighted by Gasteiger charge is 2.45. The number of anilines is 1. The Morgan fingerprint density at radius 2 is 2.26 bits per heavy atom. The Balaban J connectivity index is 2.16. The van der Waals surface area contributed by atoms with Crippen LogP contribution in [-0.2, 0) is 9.53 Å². The zero-order chi connectivity index (χ0) is 13.6. The van der Waals surface area contributed by atoms with Crippen LogP contribution < -0.4 is 4.90 Å². The normalized spacial score (nSPS) is 29.5. The third-order valence-electron chi connectivity index (χ3n) is 4.29. The average Bonchev–Trinajstić information content (AvgIpc) is 2.38. The van der Waals surface area contributed by atoms with Crippen LogP contribution in [0.25, 0.3) is 0 Å². The highest BCUT2D eigenvalue weighted by Crippen LogP contribution is 2.47. The summed E-state index contributed by atoms with van der Waals surface area (Å²) >= 11 is 0. The first-order valence-corrected chi connectivity index (χ1v) is 6.46. The van der Waals surface area contributed by atoms with E-state index in [0.717, 1.165) is 6.42 Å². The van der Waals surface area contributed by atoms with Crippen LogP contribution in [-0.4, -0.2) is 42.5 Å². The van der Waals surface area contributed by atoms with Crippen molar-refractivity contribution in [3.05, 3.63) is 23.8 Å². The number of phenols is 1. The molecule has 2 heterocycles. The van der Waals surface area contributed by atoms with E-state index in [4.69, 9.17) is 4.74 Å². The van der Waals surface area contributed by atoms with Crippen LogP contribution in [0.15, 0.2) is 18.2 Å². The lowest BCUT2D eigenvalue weighted by atomic mass is 9.75. The SMILES string of the molecule is CN1c2c(O)cccc2C(C(=O)O)C2COCCC21. The predicted octanol–water partition coefficient (Wildman–Crippen LogP) is 1.42. The van der Waals surface area contributed by atoms with Gasteiger partial charge >= 0.3 is 5.97 Å². The molecule has 0 radical (unpaired) electrons. The van der Waals surface area contributed by atoms with Gasteiger partial charge in [0.1, 0.15) is 5.75 Å². The highest BCUT2D eigenvalue weighted by molar-refractivity contribution is 5.83. The van der Waals surface area contributed by atoms with Gasteiger partial charge in [-0.3, -0.25) is 4.79 Å². The largest absolute Gasteiger partial charge is 0.506 e. The second-order valence-corrected chi connectivity index (χ2v) is 5.24. The van der Waals surface area contributed by atoms with Gasteiger partial charge in [0.05, 0.1) is 18.2 Å². The molecule has 2 aliphatic heterocycles. The Kier molecular flexibility index (Phi) is 2.86. The Morgan fingerprint density at radius 1 is 1.47 bits per heavy atom. The smallest absolute Gasteiger partial charge is 0.311 e. The van der Waals surface area contributed by atoms with Crippen molar-refractivity contribution in [2.45, 2.75) is 18.4 Å². The molecule has 3 atom stereocenters. The summed E-state index contributed by atoms with van der Waals surface area (Å²) in [5.41, 5.74) is 1.33. The van der Waals surface area contributed by atoms with Gasteiger partial charge in [0.15, 0.2) is 0 Å². The molecule has 5 heteroatoms. The number of aliphatic carboxylic acids is 1. The molecule has 3 rings (SSSR count). The number of carbonyl (C=O) groups is 1. The van der Waals surface area contributed by atoms with Crippen molar-refractivity contribution < 1.29 is 19.7 Å². The number of fused-ring (bicyclic) bond motifs is 2. The van der Waals surface area contributed by atoms with Crippen molar-refractivity contribution >= 4 is 11.7 Å². The number of nitrogens with zero attached hydrogens (tertiary/aromatic N) is 1. The lowest BCUT2D eigenvalue weighted by Gasteiger charge is -2.46. The Morgan fingerprint density at radius 3 is 3.00 bits per heavy atom. The number of aromatic hydroxyl groups is 1. The van der Waals surface area contributed by atoms with Gasteiger partial charge in [-0.15, -0.1) is 0 Å². The van der Waals surface area contributed by atoms with E-state index in [1.807, 2.05) is 11.9 Å². The molecule has 0 saturated carbocycles. The summed E-state index contributed by atoms with van der Waals surface area (Å²) in [7, 11) is 1.92. The molecule has 1 aromatic carbocycles. The van der Waals surface area contributed by atoms with E-state index >= 15 is 0 Å². The van der Waals surface area contributed by atoms with Crippen molar-refractivity contribution in [1.82, 2.24) is 0 Å². The lowest BCUT2D eigenvalue weighted by Crippen LogP contribution is -2.51. The van der Waals surface area contributed by atoms with Crippen LogP contribution in [0.3, 0.4) is 0 Å². The van der Waals surface area contributed by atoms with E-state index < -0.39 is 11.9 Å². The third kappa shape index (κ3) is 1.76. The van der Waals surface area contributed by atoms with Crippen LogP contribution in [0.5, 0.6) is 5.75 Å². The number of ether oxygens (including phenoxy) is 1. The molecule has 5 nitrogen and oxygen atoms in total. The molecule has 19 heavy (non-hydrogen) atoms. The molecule has 3 unspecified atom stereocenters. The number of carboxylic acid groups (broad SMARTS) is 1. The fourth-order valence-corrected chi connectivity index (χ4v) is 3.44. The van der Waals surface area contributed by atoms with Crippen molar-refractivity contribution in [1.29, 1.82) is 0 Å². The minimum atomic E-state index is -0.847. The number of phenolic OH excluding ortho intramolecular Hbond substituents is 1. The molecule has 2 aliphatic rings. The first kappa shape index (κ1) is 12.3. The average molecular weight is 263 g/mol. The van der Waals surface area contributed by atoms with Crippen molar-refractivity contribution in [2.24, 2.45) is 5.92 Å². The first-order chi connectivity index (χ1) is 9.11. The number of benzene rings is 1. The summed E-state index contributed by atoms with van der Waals surface area (Å²) in [4.78, 5) is 13.6. The van der Waals surface area contributed by atoms with E-state index in [1.165, 1.54) is 0 Å². The Labute approximate surface area is 111 Å². The minimum absolute atomic E-state index is 0.0643. The first-order valence-electron chi connectivity index (χ1n) is 6.46. The molecule has 1 fully saturated rings. The molecule has 0 amide bonds. The Bertz CT molecular complexity index is 516. The lowest BCUT2D eigenvalue weighted by molar-refractivity contribution is -0.142. The van der Waals surface area contributed by atoms with Crippen LogP contribution in [0.2, 0.25) is 0 Å². The minimum Gasteiger partial charge on any atom is -0.506 e. The van der Waals surface area contributed by atoms with Crippen molar-refractivity contribution in [2.75, 3.05) is 25.2 Å². The number of para-hydroxylation sites is 1. The van der Waals surface area contributed by atoms with Crippen LogP contribution in [0.4, 0.5) is 5.69 Å². The summed E-state index contributed by atoms with van der Waals surface area (Å²) in [5.74, 6) is -1.37. The predicted molar refractivity (Wildman–Crippen MR) is 69.6 cm³/mol. The number of carboxylic acids is 1. The molecule has 2 N–H and O–H groups in total. The standard InChI is InChI=1S/C14H17NO4/c1-15-10-5-6-19-7-9(10)12(14(17)18)8-3-2-4-11(16)13(8)15/h2-4,9-10,12,16H,5-7H2,1H3,(H,17,18). The quantitative estimate of drug-likeness (QED) is 0.801. The second kappa shape index (κ2) is 4.42. The fraction of sp³-hybridized carbons (Fsp3) is 0.500. The summed E-state index contributed by atoms with van der Waals surface area (Å²) in [6.45, 7) is 1.10. The summed E-state index contributed by atoms with van der Waals surface area (Å²) in [6, 6.07) is 5.20. The molecule has 0 aliphatic carbocycles. The molecular weight excluding hydrogens is 246 g/mol. The van der Waals surface area contributed by atoms with Gasteiger partial charge < -0.3 is 19.8 Å². The van der Waals surface area contributed by atoms with E-state index in [-0.39, 0.29) is 17.7 Å². The van der Waals surface area contributed by atoms with E-state index in [9.17, 15) is 15.0 Å². The molecule has 1 aromatic rings. The Hall–Kier alpha value is -1.75. The zero-order valence-corrected chi connectivity index (χ0v) is 10.7. The van der Waals surface area contributed by atoms with Gasteiger partial charge in [0.2, 0.25) is 0 Å². The molecule has 0 spiro atoms. The summed E-state index contributed by atoms with van der Waals surface area (Å²) in [6.07, 6.45) is 0.790. The fourth-order valence-electron chi connectivity index (χ4n) is 3.44. The summed E-state index contributed by atoms with van der Waals surface area (Å²) in [5, 5.41) is 19.6. The van der Waals surface area contributed by atoms with E-state index in [1.54, 1.807) is 18.2 Å². The maximum atomic E-state index is 11.6. The van der Waals surface area contributed by atoms with Gasteiger partial charge in [0, 0.05) is 25.6 Å². The third-order valence-corrected chi connectivity index (χ3v) is 4.29. The molecule has 1 saturated heterocycles. The number of rotatable bonds is 1. The molecule has 0 bridgehead atoms. The van der Waals surface area contributed by atoms with Crippen molar-refractivity contribution in [3.8, 4) is 5.75 Å². The molecule has 102 valence electrons. The highest BCUT2D eigenvalue weighted by atomic mass is 16.5. The zero-order valence-electron chi connectivity index (χ0n) is 10.7.